The van der Waals surface area contributed by atoms with Gasteiger partial charge >= 0.3 is 0 Å². The predicted molar refractivity (Wildman–Crippen MR) is 139 cm³/mol. The Bertz CT molecular complexity index is 1510. The maximum absolute atomic E-state index is 13.8. The highest BCUT2D eigenvalue weighted by atomic mass is 16.1. The number of hydrogen-bond donors (Lipinski definition) is 2. The van der Waals surface area contributed by atoms with Gasteiger partial charge in [0, 0.05) is 23.6 Å². The first-order valence-corrected chi connectivity index (χ1v) is 12.0. The lowest BCUT2D eigenvalue weighted by Crippen LogP contribution is -2.35. The maximum atomic E-state index is 13.8. The van der Waals surface area contributed by atoms with Crippen LogP contribution in [0.5, 0.6) is 0 Å². The molecular weight excluding hydrogens is 434 g/mol. The average molecular weight is 462 g/mol. The first-order valence-electron chi connectivity index (χ1n) is 12.0. The first-order chi connectivity index (χ1) is 16.9. The van der Waals surface area contributed by atoms with Gasteiger partial charge in [0.2, 0.25) is 0 Å². The number of ketones is 1. The van der Waals surface area contributed by atoms with E-state index in [4.69, 9.17) is 0 Å². The fourth-order valence-electron chi connectivity index (χ4n) is 5.48. The number of benzene rings is 3. The number of aromatic nitrogens is 2. The molecule has 1 aromatic heterocycles. The minimum Gasteiger partial charge on any atom is -0.343 e. The normalized spacial score (nSPS) is 18.6. The molecule has 0 saturated heterocycles. The second kappa shape index (κ2) is 7.98. The van der Waals surface area contributed by atoms with Crippen molar-refractivity contribution in [1.82, 2.24) is 9.78 Å². The molecule has 2 aliphatic rings. The summed E-state index contributed by atoms with van der Waals surface area (Å²) in [6.45, 7) is 4.24. The molecule has 0 fully saturated rings. The summed E-state index contributed by atoms with van der Waals surface area (Å²) >= 11 is 0. The third kappa shape index (κ3) is 3.64. The molecule has 3 aromatic carbocycles. The molecule has 0 amide bonds. The number of aromatic amines is 1. The van der Waals surface area contributed by atoms with Crippen LogP contribution in [0.15, 0.2) is 101 Å². The van der Waals surface area contributed by atoms with E-state index in [0.29, 0.717) is 17.8 Å². The van der Waals surface area contributed by atoms with Crippen LogP contribution in [0.2, 0.25) is 0 Å². The van der Waals surface area contributed by atoms with Gasteiger partial charge < -0.3 is 5.32 Å². The lowest BCUT2D eigenvalue weighted by molar-refractivity contribution is -0.118. The molecule has 4 aromatic rings. The van der Waals surface area contributed by atoms with Gasteiger partial charge in [0.25, 0.3) is 5.56 Å². The monoisotopic (exact) mass is 461 g/mol. The zero-order valence-electron chi connectivity index (χ0n) is 19.8. The lowest BCUT2D eigenvalue weighted by atomic mass is 9.69. The van der Waals surface area contributed by atoms with Gasteiger partial charge in [-0.15, -0.1) is 0 Å². The van der Waals surface area contributed by atoms with E-state index in [1.807, 2.05) is 48.5 Å². The van der Waals surface area contributed by atoms with Crippen molar-refractivity contribution < 1.29 is 4.79 Å². The summed E-state index contributed by atoms with van der Waals surface area (Å²) in [4.78, 5) is 27.2. The zero-order chi connectivity index (χ0) is 24.2. The minimum atomic E-state index is -0.414. The highest BCUT2D eigenvalue weighted by Crippen LogP contribution is 2.48. The molecule has 5 heteroatoms. The van der Waals surface area contributed by atoms with Crippen molar-refractivity contribution in [2.24, 2.45) is 5.41 Å². The standard InChI is InChI=1S/C30H27N3O2/c1-30(2)17-23-26(24(34)18-30)25(21-15-13-20(14-16-21)19-9-5-3-6-10-19)27-28(31-23)32-33(29(27)35)22-11-7-4-8-12-22/h3-16,25,31-32H,17-18H2,1-2H3/t25-/m1/s1. The summed E-state index contributed by atoms with van der Waals surface area (Å²) in [7, 11) is 0. The van der Waals surface area contributed by atoms with E-state index < -0.39 is 5.92 Å². The Labute approximate surface area is 204 Å². The second-order valence-electron chi connectivity index (χ2n) is 10.3. The van der Waals surface area contributed by atoms with Crippen LogP contribution in [0.4, 0.5) is 5.82 Å². The summed E-state index contributed by atoms with van der Waals surface area (Å²) < 4.78 is 1.57. The van der Waals surface area contributed by atoms with Crippen LogP contribution in [-0.4, -0.2) is 15.6 Å². The number of allylic oxidation sites excluding steroid dienone is 2. The number of anilines is 1. The average Bonchev–Trinajstić information content (AvgIpc) is 3.19. The Kier molecular flexibility index (Phi) is 4.88. The predicted octanol–water partition coefficient (Wildman–Crippen LogP) is 6.03. The second-order valence-corrected chi connectivity index (χ2v) is 10.3. The van der Waals surface area contributed by atoms with E-state index in [1.165, 1.54) is 0 Å². The Morgan fingerprint density at radius 1 is 0.800 bits per heavy atom. The molecule has 0 unspecified atom stereocenters. The van der Waals surface area contributed by atoms with E-state index in [1.54, 1.807) is 4.68 Å². The smallest absolute Gasteiger partial charge is 0.277 e. The van der Waals surface area contributed by atoms with Gasteiger partial charge in [-0.05, 0) is 40.7 Å². The molecule has 1 aliphatic heterocycles. The Hall–Kier alpha value is -4.12. The van der Waals surface area contributed by atoms with Gasteiger partial charge in [-0.3, -0.25) is 14.7 Å². The summed E-state index contributed by atoms with van der Waals surface area (Å²) in [5.41, 5.74) is 5.90. The maximum Gasteiger partial charge on any atom is 0.277 e. The van der Waals surface area contributed by atoms with Crippen molar-refractivity contribution in [1.29, 1.82) is 0 Å². The van der Waals surface area contributed by atoms with Gasteiger partial charge in [0.05, 0.1) is 11.3 Å². The highest BCUT2D eigenvalue weighted by molar-refractivity contribution is 6.01. The molecule has 1 atom stereocenters. The number of nitrogens with one attached hydrogen (secondary N) is 2. The van der Waals surface area contributed by atoms with Crippen molar-refractivity contribution in [3.63, 3.8) is 0 Å². The molecule has 1 aliphatic carbocycles. The highest BCUT2D eigenvalue weighted by Gasteiger charge is 2.42. The van der Waals surface area contributed by atoms with Gasteiger partial charge in [-0.25, -0.2) is 4.68 Å². The van der Waals surface area contributed by atoms with Gasteiger partial charge in [-0.2, -0.15) is 0 Å². The summed E-state index contributed by atoms with van der Waals surface area (Å²) in [5.74, 6) is 0.363. The molecule has 0 saturated carbocycles. The third-order valence-electron chi connectivity index (χ3n) is 7.07. The van der Waals surface area contributed by atoms with Crippen molar-refractivity contribution in [2.45, 2.75) is 32.6 Å². The van der Waals surface area contributed by atoms with Crippen molar-refractivity contribution in [3.8, 4) is 16.8 Å². The fraction of sp³-hybridized carbons (Fsp3) is 0.200. The van der Waals surface area contributed by atoms with Crippen LogP contribution < -0.4 is 10.9 Å². The van der Waals surface area contributed by atoms with Crippen molar-refractivity contribution in [2.75, 3.05) is 5.32 Å². The van der Waals surface area contributed by atoms with E-state index in [9.17, 15) is 9.59 Å². The molecule has 35 heavy (non-hydrogen) atoms. The van der Waals surface area contributed by atoms with Crippen LogP contribution in [0.1, 0.15) is 43.7 Å². The van der Waals surface area contributed by atoms with E-state index >= 15 is 0 Å². The molecule has 2 N–H and O–H groups in total. The molecule has 0 bridgehead atoms. The SMILES string of the molecule is CC1(C)CC(=O)C2=C(C1)Nc1[nH]n(-c3ccccc3)c(=O)c1[C@@H]2c1ccc(-c2ccccc2)cc1. The minimum absolute atomic E-state index is 0.110. The number of hydrogen-bond acceptors (Lipinski definition) is 3. The molecular formula is C30H27N3O2. The molecule has 5 nitrogen and oxygen atoms in total. The molecule has 174 valence electrons. The van der Waals surface area contributed by atoms with Crippen LogP contribution in [0, 0.1) is 5.41 Å². The fourth-order valence-corrected chi connectivity index (χ4v) is 5.48. The van der Waals surface area contributed by atoms with Crippen LogP contribution in [-0.2, 0) is 4.79 Å². The number of carbonyl (C=O) groups is 1. The van der Waals surface area contributed by atoms with Gasteiger partial charge in [0.15, 0.2) is 5.78 Å². The number of H-pyrrole nitrogens is 1. The Morgan fingerprint density at radius 3 is 2.11 bits per heavy atom. The van der Waals surface area contributed by atoms with E-state index in [0.717, 1.165) is 40.1 Å². The van der Waals surface area contributed by atoms with Crippen LogP contribution in [0.25, 0.3) is 16.8 Å². The van der Waals surface area contributed by atoms with Gasteiger partial charge in [0.1, 0.15) is 5.82 Å². The number of nitrogens with zero attached hydrogens (tertiary/aromatic N) is 1. The quantitative estimate of drug-likeness (QED) is 0.391. The number of rotatable bonds is 3. The van der Waals surface area contributed by atoms with E-state index in [2.05, 4.69) is 60.7 Å². The Balaban J connectivity index is 1.52. The van der Waals surface area contributed by atoms with Crippen LogP contribution in [0.3, 0.4) is 0 Å². The lowest BCUT2D eigenvalue weighted by Gasteiger charge is -2.37. The van der Waals surface area contributed by atoms with Crippen molar-refractivity contribution >= 4 is 11.6 Å². The number of para-hydroxylation sites is 1. The first kappa shape index (κ1) is 21.4. The molecule has 2 heterocycles. The largest absolute Gasteiger partial charge is 0.343 e. The molecule has 0 radical (unpaired) electrons. The Morgan fingerprint density at radius 2 is 1.43 bits per heavy atom. The summed E-state index contributed by atoms with van der Waals surface area (Å²) in [6.07, 6.45) is 1.23. The van der Waals surface area contributed by atoms with Gasteiger partial charge in [-0.1, -0.05) is 86.6 Å². The van der Waals surface area contributed by atoms with Crippen molar-refractivity contribution in [3.05, 3.63) is 118 Å². The summed E-state index contributed by atoms with van der Waals surface area (Å²) in [5, 5.41) is 6.71. The van der Waals surface area contributed by atoms with E-state index in [-0.39, 0.29) is 16.8 Å². The number of fused-ring (bicyclic) bond motifs is 1. The number of Topliss-reactive ketones (excluding diaryl/α,β-unsaturated/α-hetero) is 1. The number of carbonyl (C=O) groups excluding carboxylic acids is 1. The third-order valence-corrected chi connectivity index (χ3v) is 7.07. The zero-order valence-corrected chi connectivity index (χ0v) is 19.8. The summed E-state index contributed by atoms with van der Waals surface area (Å²) in [6, 6.07) is 28.0. The topological polar surface area (TPSA) is 66.9 Å². The molecule has 6 rings (SSSR count). The van der Waals surface area contributed by atoms with Crippen LogP contribution >= 0.6 is 0 Å². The molecule has 0 spiro atoms.